The summed E-state index contributed by atoms with van der Waals surface area (Å²) in [5, 5.41) is 8.66. The van der Waals surface area contributed by atoms with Crippen molar-refractivity contribution in [3.8, 4) is 5.75 Å². The van der Waals surface area contributed by atoms with Crippen LogP contribution in [0, 0.1) is 0 Å². The Labute approximate surface area is 120 Å². The molecule has 0 atom stereocenters. The molecule has 2 rings (SSSR count). The summed E-state index contributed by atoms with van der Waals surface area (Å²) in [7, 11) is 1.47. The van der Waals surface area contributed by atoms with Crippen molar-refractivity contribution in [3.63, 3.8) is 0 Å². The SMILES string of the molecule is CNC(=O)c1nc(COc2ccc(NC(C)=O)cc2)no1. The highest BCUT2D eigenvalue weighted by Gasteiger charge is 2.13. The number of amides is 2. The molecule has 0 unspecified atom stereocenters. The maximum Gasteiger partial charge on any atom is 0.316 e. The second kappa shape index (κ2) is 6.51. The zero-order valence-corrected chi connectivity index (χ0v) is 11.5. The number of anilines is 1. The molecule has 1 aromatic heterocycles. The Morgan fingerprint density at radius 2 is 2.00 bits per heavy atom. The van der Waals surface area contributed by atoms with Gasteiger partial charge in [0.1, 0.15) is 5.75 Å². The van der Waals surface area contributed by atoms with Crippen LogP contribution in [-0.4, -0.2) is 29.0 Å². The summed E-state index contributed by atoms with van der Waals surface area (Å²) in [6.45, 7) is 1.50. The van der Waals surface area contributed by atoms with Gasteiger partial charge in [0, 0.05) is 19.7 Å². The van der Waals surface area contributed by atoms with Crippen LogP contribution >= 0.6 is 0 Å². The molecule has 8 nitrogen and oxygen atoms in total. The lowest BCUT2D eigenvalue weighted by molar-refractivity contribution is -0.114. The van der Waals surface area contributed by atoms with Crippen molar-refractivity contribution in [3.05, 3.63) is 36.0 Å². The van der Waals surface area contributed by atoms with Crippen LogP contribution in [0.4, 0.5) is 5.69 Å². The topological polar surface area (TPSA) is 106 Å². The molecule has 1 aromatic carbocycles. The van der Waals surface area contributed by atoms with Gasteiger partial charge >= 0.3 is 11.8 Å². The maximum absolute atomic E-state index is 11.2. The first-order chi connectivity index (χ1) is 10.1. The molecule has 21 heavy (non-hydrogen) atoms. The van der Waals surface area contributed by atoms with Gasteiger partial charge in [-0.15, -0.1) is 0 Å². The lowest BCUT2D eigenvalue weighted by Gasteiger charge is -2.05. The van der Waals surface area contributed by atoms with E-state index in [4.69, 9.17) is 9.26 Å². The van der Waals surface area contributed by atoms with Gasteiger partial charge < -0.3 is 19.9 Å². The smallest absolute Gasteiger partial charge is 0.316 e. The summed E-state index contributed by atoms with van der Waals surface area (Å²) in [6, 6.07) is 6.82. The van der Waals surface area contributed by atoms with Gasteiger partial charge in [0.05, 0.1) is 0 Å². The zero-order valence-electron chi connectivity index (χ0n) is 11.5. The van der Waals surface area contributed by atoms with E-state index in [1.54, 1.807) is 24.3 Å². The predicted octanol–water partition coefficient (Wildman–Crippen LogP) is 0.967. The lowest BCUT2D eigenvalue weighted by Crippen LogP contribution is -2.18. The molecular weight excluding hydrogens is 276 g/mol. The quantitative estimate of drug-likeness (QED) is 0.849. The molecule has 0 saturated heterocycles. The number of nitrogens with zero attached hydrogens (tertiary/aromatic N) is 2. The van der Waals surface area contributed by atoms with E-state index in [0.717, 1.165) is 0 Å². The highest BCUT2D eigenvalue weighted by atomic mass is 16.5. The standard InChI is InChI=1S/C13H14N4O4/c1-8(18)15-9-3-5-10(6-4-9)20-7-11-16-13(21-17-11)12(19)14-2/h3-6H,7H2,1-2H3,(H,14,19)(H,15,18). The van der Waals surface area contributed by atoms with Crippen LogP contribution in [0.2, 0.25) is 0 Å². The molecule has 0 fully saturated rings. The molecule has 0 saturated carbocycles. The minimum atomic E-state index is -0.451. The van der Waals surface area contributed by atoms with Gasteiger partial charge in [-0.2, -0.15) is 4.98 Å². The minimum absolute atomic E-state index is 0.0694. The molecule has 8 heteroatoms. The van der Waals surface area contributed by atoms with E-state index >= 15 is 0 Å². The number of nitrogens with one attached hydrogen (secondary N) is 2. The van der Waals surface area contributed by atoms with Crippen LogP contribution in [-0.2, 0) is 11.4 Å². The van der Waals surface area contributed by atoms with Gasteiger partial charge in [-0.25, -0.2) is 0 Å². The molecular formula is C13H14N4O4. The highest BCUT2D eigenvalue weighted by molar-refractivity contribution is 5.89. The monoisotopic (exact) mass is 290 g/mol. The maximum atomic E-state index is 11.2. The average Bonchev–Trinajstić information content (AvgIpc) is 2.94. The largest absolute Gasteiger partial charge is 0.485 e. The van der Waals surface area contributed by atoms with E-state index in [9.17, 15) is 9.59 Å². The first kappa shape index (κ1) is 14.5. The number of rotatable bonds is 5. The molecule has 1 heterocycles. The van der Waals surface area contributed by atoms with Crippen LogP contribution in [0.25, 0.3) is 0 Å². The number of hydrogen-bond donors (Lipinski definition) is 2. The van der Waals surface area contributed by atoms with Gasteiger partial charge in [0.25, 0.3) is 0 Å². The van der Waals surface area contributed by atoms with Crippen LogP contribution in [0.5, 0.6) is 5.75 Å². The first-order valence-electron chi connectivity index (χ1n) is 6.13. The Kier molecular flexibility index (Phi) is 4.50. The van der Waals surface area contributed by atoms with E-state index in [1.807, 2.05) is 0 Å². The molecule has 0 aliphatic heterocycles. The summed E-state index contributed by atoms with van der Waals surface area (Å²) in [5.74, 6) is 0.137. The molecule has 0 bridgehead atoms. The van der Waals surface area contributed by atoms with E-state index in [-0.39, 0.29) is 24.2 Å². The molecule has 0 aliphatic rings. The summed E-state index contributed by atoms with van der Waals surface area (Å²) in [6.07, 6.45) is 0. The number of aromatic nitrogens is 2. The summed E-state index contributed by atoms with van der Waals surface area (Å²) in [4.78, 5) is 26.0. The fourth-order valence-corrected chi connectivity index (χ4v) is 1.50. The van der Waals surface area contributed by atoms with Crippen molar-refractivity contribution in [2.45, 2.75) is 13.5 Å². The van der Waals surface area contributed by atoms with E-state index in [2.05, 4.69) is 20.8 Å². The van der Waals surface area contributed by atoms with Gasteiger partial charge in [-0.05, 0) is 24.3 Å². The van der Waals surface area contributed by atoms with Crippen LogP contribution in [0.1, 0.15) is 23.4 Å². The number of hydrogen-bond acceptors (Lipinski definition) is 6. The Balaban J connectivity index is 1.92. The van der Waals surface area contributed by atoms with Gasteiger partial charge in [0.15, 0.2) is 6.61 Å². The van der Waals surface area contributed by atoms with Crippen molar-refractivity contribution in [1.82, 2.24) is 15.5 Å². The molecule has 2 aromatic rings. The first-order valence-corrected chi connectivity index (χ1v) is 6.13. The summed E-state index contributed by atoms with van der Waals surface area (Å²) >= 11 is 0. The fraction of sp³-hybridized carbons (Fsp3) is 0.231. The fourth-order valence-electron chi connectivity index (χ4n) is 1.50. The number of benzene rings is 1. The Bertz CT molecular complexity index is 636. The number of carbonyl (C=O) groups excluding carboxylic acids is 2. The van der Waals surface area contributed by atoms with Crippen LogP contribution < -0.4 is 15.4 Å². The van der Waals surface area contributed by atoms with E-state index < -0.39 is 5.91 Å². The molecule has 2 N–H and O–H groups in total. The Hall–Kier alpha value is -2.90. The molecule has 0 radical (unpaired) electrons. The Morgan fingerprint density at radius 3 is 2.62 bits per heavy atom. The lowest BCUT2D eigenvalue weighted by atomic mass is 10.3. The Morgan fingerprint density at radius 1 is 1.29 bits per heavy atom. The zero-order chi connectivity index (χ0) is 15.2. The van der Waals surface area contributed by atoms with Crippen molar-refractivity contribution in [1.29, 1.82) is 0 Å². The molecule has 110 valence electrons. The normalized spacial score (nSPS) is 10.0. The van der Waals surface area contributed by atoms with E-state index in [0.29, 0.717) is 11.4 Å². The predicted molar refractivity (Wildman–Crippen MR) is 72.8 cm³/mol. The van der Waals surface area contributed by atoms with Crippen molar-refractivity contribution in [2.75, 3.05) is 12.4 Å². The van der Waals surface area contributed by atoms with Gasteiger partial charge in [-0.3, -0.25) is 9.59 Å². The summed E-state index contributed by atoms with van der Waals surface area (Å²) in [5.41, 5.74) is 0.677. The number of ether oxygens (including phenoxy) is 1. The average molecular weight is 290 g/mol. The van der Waals surface area contributed by atoms with Gasteiger partial charge in [-0.1, -0.05) is 5.16 Å². The second-order valence-corrected chi connectivity index (χ2v) is 4.09. The molecule has 0 aliphatic carbocycles. The molecule has 0 spiro atoms. The van der Waals surface area contributed by atoms with Crippen molar-refractivity contribution in [2.24, 2.45) is 0 Å². The van der Waals surface area contributed by atoms with E-state index in [1.165, 1.54) is 14.0 Å². The number of carbonyl (C=O) groups is 2. The van der Waals surface area contributed by atoms with Crippen molar-refractivity contribution < 1.29 is 18.8 Å². The molecule has 2 amide bonds. The highest BCUT2D eigenvalue weighted by Crippen LogP contribution is 2.16. The third kappa shape index (κ3) is 4.03. The van der Waals surface area contributed by atoms with Crippen LogP contribution in [0.3, 0.4) is 0 Å². The van der Waals surface area contributed by atoms with Crippen molar-refractivity contribution >= 4 is 17.5 Å². The van der Waals surface area contributed by atoms with Crippen LogP contribution in [0.15, 0.2) is 28.8 Å². The third-order valence-electron chi connectivity index (χ3n) is 2.43. The minimum Gasteiger partial charge on any atom is -0.485 e. The van der Waals surface area contributed by atoms with Gasteiger partial charge in [0.2, 0.25) is 11.7 Å². The summed E-state index contributed by atoms with van der Waals surface area (Å²) < 4.78 is 10.2. The second-order valence-electron chi connectivity index (χ2n) is 4.09. The third-order valence-corrected chi connectivity index (χ3v) is 2.43.